The number of primary amides is 1. The minimum absolute atomic E-state index is 0.152. The van der Waals surface area contributed by atoms with Crippen molar-refractivity contribution in [3.8, 4) is 0 Å². The van der Waals surface area contributed by atoms with Gasteiger partial charge in [0.1, 0.15) is 6.61 Å². The summed E-state index contributed by atoms with van der Waals surface area (Å²) in [7, 11) is 0. The molecule has 1 atom stereocenters. The summed E-state index contributed by atoms with van der Waals surface area (Å²) in [5.74, 6) is 0. The summed E-state index contributed by atoms with van der Waals surface area (Å²) >= 11 is 0. The first kappa shape index (κ1) is 12.0. The maximum Gasteiger partial charge on any atom is 0.404 e. The second-order valence-corrected chi connectivity index (χ2v) is 4.83. The lowest BCUT2D eigenvalue weighted by molar-refractivity contribution is 0.0250. The fourth-order valence-corrected chi connectivity index (χ4v) is 2.17. The average Bonchev–Trinajstić information content (AvgIpc) is 2.40. The molecule has 0 aromatic heterocycles. The Morgan fingerprint density at radius 2 is 2.33 bits per heavy atom. The van der Waals surface area contributed by atoms with E-state index < -0.39 is 6.09 Å². The largest absolute Gasteiger partial charge is 0.449 e. The van der Waals surface area contributed by atoms with Crippen molar-refractivity contribution in [1.29, 1.82) is 0 Å². The summed E-state index contributed by atoms with van der Waals surface area (Å²) in [5.41, 5.74) is 4.65. The van der Waals surface area contributed by atoms with E-state index in [1.165, 1.54) is 0 Å². The Balaban J connectivity index is 2.64. The van der Waals surface area contributed by atoms with Gasteiger partial charge in [-0.15, -0.1) is 6.58 Å². The van der Waals surface area contributed by atoms with Gasteiger partial charge in [-0.2, -0.15) is 0 Å². The maximum atomic E-state index is 10.6. The van der Waals surface area contributed by atoms with Crippen LogP contribution in [-0.2, 0) is 9.47 Å². The van der Waals surface area contributed by atoms with E-state index in [1.807, 2.05) is 19.9 Å². The van der Waals surface area contributed by atoms with Crippen LogP contribution in [0.3, 0.4) is 0 Å². The third-order valence-corrected chi connectivity index (χ3v) is 2.67. The molecule has 0 radical (unpaired) electrons. The fourth-order valence-electron chi connectivity index (χ4n) is 2.17. The zero-order chi connectivity index (χ0) is 11.5. The van der Waals surface area contributed by atoms with Crippen LogP contribution in [0.5, 0.6) is 0 Å². The van der Waals surface area contributed by atoms with Crippen LogP contribution in [0, 0.1) is 5.41 Å². The lowest BCUT2D eigenvalue weighted by Gasteiger charge is -2.26. The molecule has 1 aliphatic rings. The molecule has 15 heavy (non-hydrogen) atoms. The van der Waals surface area contributed by atoms with Crippen LogP contribution < -0.4 is 5.73 Å². The van der Waals surface area contributed by atoms with Gasteiger partial charge in [-0.1, -0.05) is 6.08 Å². The van der Waals surface area contributed by atoms with E-state index in [0.29, 0.717) is 13.2 Å². The summed E-state index contributed by atoms with van der Waals surface area (Å²) in [6.45, 7) is 8.66. The van der Waals surface area contributed by atoms with Crippen molar-refractivity contribution >= 4 is 6.09 Å². The third kappa shape index (κ3) is 3.23. The van der Waals surface area contributed by atoms with E-state index in [4.69, 9.17) is 15.2 Å². The smallest absolute Gasteiger partial charge is 0.404 e. The van der Waals surface area contributed by atoms with Gasteiger partial charge in [0.25, 0.3) is 0 Å². The highest BCUT2D eigenvalue weighted by atomic mass is 16.6. The molecule has 0 saturated carbocycles. The number of hydrogen-bond donors (Lipinski definition) is 1. The van der Waals surface area contributed by atoms with E-state index in [2.05, 4.69) is 6.58 Å². The van der Waals surface area contributed by atoms with Gasteiger partial charge >= 0.3 is 6.09 Å². The number of hydrogen-bond acceptors (Lipinski definition) is 3. The summed E-state index contributed by atoms with van der Waals surface area (Å²) in [6, 6.07) is 0. The predicted molar refractivity (Wildman–Crippen MR) is 57.4 cm³/mol. The standard InChI is InChI=1S/C11H19NO3/c1-4-5-11(7-14-9(12)13)6-10(2,3)15-8-11/h4H,1,5-8H2,2-3H3,(H2,12,13). The molecule has 2 N–H and O–H groups in total. The lowest BCUT2D eigenvalue weighted by atomic mass is 9.80. The molecule has 86 valence electrons. The molecule has 0 spiro atoms. The topological polar surface area (TPSA) is 61.5 Å². The van der Waals surface area contributed by atoms with E-state index in [1.54, 1.807) is 0 Å². The molecule has 0 bridgehead atoms. The normalized spacial score (nSPS) is 28.7. The number of amides is 1. The van der Waals surface area contributed by atoms with Crippen LogP contribution in [0.2, 0.25) is 0 Å². The zero-order valence-electron chi connectivity index (χ0n) is 9.41. The molecule has 1 heterocycles. The first-order valence-corrected chi connectivity index (χ1v) is 5.06. The highest BCUT2D eigenvalue weighted by Crippen LogP contribution is 2.42. The van der Waals surface area contributed by atoms with Crippen LogP contribution in [0.15, 0.2) is 12.7 Å². The number of ether oxygens (including phenoxy) is 2. The Morgan fingerprint density at radius 3 is 2.73 bits per heavy atom. The Hall–Kier alpha value is -1.03. The first-order valence-electron chi connectivity index (χ1n) is 5.06. The van der Waals surface area contributed by atoms with Crippen molar-refractivity contribution < 1.29 is 14.3 Å². The molecule has 0 aliphatic carbocycles. The van der Waals surface area contributed by atoms with Gasteiger partial charge in [0, 0.05) is 5.41 Å². The molecule has 0 aromatic carbocycles. The molecule has 4 heteroatoms. The zero-order valence-corrected chi connectivity index (χ0v) is 9.41. The summed E-state index contributed by atoms with van der Waals surface area (Å²) in [6.07, 6.45) is 2.71. The van der Waals surface area contributed by atoms with Crippen LogP contribution in [-0.4, -0.2) is 24.9 Å². The van der Waals surface area contributed by atoms with Crippen LogP contribution >= 0.6 is 0 Å². The molecule has 1 amide bonds. The Kier molecular flexibility index (Phi) is 3.39. The van der Waals surface area contributed by atoms with Crippen molar-refractivity contribution in [2.75, 3.05) is 13.2 Å². The summed E-state index contributed by atoms with van der Waals surface area (Å²) in [4.78, 5) is 10.6. The van der Waals surface area contributed by atoms with Gasteiger partial charge in [-0.25, -0.2) is 4.79 Å². The van der Waals surface area contributed by atoms with Crippen LogP contribution in [0.4, 0.5) is 4.79 Å². The highest BCUT2D eigenvalue weighted by molar-refractivity contribution is 5.64. The molecule has 1 aliphatic heterocycles. The highest BCUT2D eigenvalue weighted by Gasteiger charge is 2.44. The first-order chi connectivity index (χ1) is 6.89. The number of carbonyl (C=O) groups excluding carboxylic acids is 1. The van der Waals surface area contributed by atoms with Gasteiger partial charge in [0.2, 0.25) is 0 Å². The Labute approximate surface area is 90.4 Å². The minimum Gasteiger partial charge on any atom is -0.449 e. The average molecular weight is 213 g/mol. The predicted octanol–water partition coefficient (Wildman–Crippen LogP) is 1.84. The number of rotatable bonds is 4. The lowest BCUT2D eigenvalue weighted by Crippen LogP contribution is -2.31. The second-order valence-electron chi connectivity index (χ2n) is 4.83. The summed E-state index contributed by atoms with van der Waals surface area (Å²) < 4.78 is 10.5. The van der Waals surface area contributed by atoms with Crippen molar-refractivity contribution in [3.63, 3.8) is 0 Å². The van der Waals surface area contributed by atoms with E-state index in [0.717, 1.165) is 12.8 Å². The molecular weight excluding hydrogens is 194 g/mol. The summed E-state index contributed by atoms with van der Waals surface area (Å²) in [5, 5.41) is 0. The quantitative estimate of drug-likeness (QED) is 0.725. The van der Waals surface area contributed by atoms with Gasteiger partial charge < -0.3 is 15.2 Å². The molecular formula is C11H19NO3. The van der Waals surface area contributed by atoms with E-state index in [-0.39, 0.29) is 11.0 Å². The molecule has 1 saturated heterocycles. The molecule has 1 fully saturated rings. The van der Waals surface area contributed by atoms with Crippen LogP contribution in [0.1, 0.15) is 26.7 Å². The SMILES string of the molecule is C=CCC1(COC(N)=O)COC(C)(C)C1. The minimum atomic E-state index is -0.733. The molecule has 4 nitrogen and oxygen atoms in total. The van der Waals surface area contributed by atoms with Crippen molar-refractivity contribution in [2.45, 2.75) is 32.3 Å². The van der Waals surface area contributed by atoms with Crippen molar-refractivity contribution in [1.82, 2.24) is 0 Å². The number of nitrogens with two attached hydrogens (primary N) is 1. The Bertz CT molecular complexity index is 263. The van der Waals surface area contributed by atoms with Crippen LogP contribution in [0.25, 0.3) is 0 Å². The fraction of sp³-hybridized carbons (Fsp3) is 0.727. The van der Waals surface area contributed by atoms with Gasteiger partial charge in [-0.3, -0.25) is 0 Å². The van der Waals surface area contributed by atoms with Gasteiger partial charge in [0.05, 0.1) is 12.2 Å². The van der Waals surface area contributed by atoms with E-state index in [9.17, 15) is 4.79 Å². The Morgan fingerprint density at radius 1 is 1.67 bits per heavy atom. The molecule has 1 rings (SSSR count). The van der Waals surface area contributed by atoms with Gasteiger partial charge in [0.15, 0.2) is 0 Å². The maximum absolute atomic E-state index is 10.6. The third-order valence-electron chi connectivity index (χ3n) is 2.67. The monoisotopic (exact) mass is 213 g/mol. The van der Waals surface area contributed by atoms with Crippen molar-refractivity contribution in [3.05, 3.63) is 12.7 Å². The number of allylic oxidation sites excluding steroid dienone is 1. The van der Waals surface area contributed by atoms with E-state index >= 15 is 0 Å². The van der Waals surface area contributed by atoms with Crippen molar-refractivity contribution in [2.24, 2.45) is 11.1 Å². The number of carbonyl (C=O) groups is 1. The molecule has 0 aromatic rings. The van der Waals surface area contributed by atoms with Gasteiger partial charge in [-0.05, 0) is 26.7 Å². The second kappa shape index (κ2) is 4.23. The molecule has 1 unspecified atom stereocenters.